The Morgan fingerprint density at radius 3 is 2.77 bits per heavy atom. The van der Waals surface area contributed by atoms with E-state index in [4.69, 9.17) is 16.3 Å². The molecule has 4 rings (SSSR count). The molecule has 1 saturated heterocycles. The standard InChI is InChI=1S/C22H24ClN5O2/c1-16-25-21(26-28(16)20-10-6-5-9-19(20)23)22(29)24-13-18-15-27(11-12-30-18)14-17-7-3-2-4-8-17/h2-10,18H,11-15H2,1H3,(H,24,29). The number of hydrogen-bond donors (Lipinski definition) is 1. The van der Waals surface area contributed by atoms with Crippen LogP contribution >= 0.6 is 11.6 Å². The first kappa shape index (κ1) is 20.5. The van der Waals surface area contributed by atoms with Gasteiger partial charge in [-0.15, -0.1) is 5.10 Å². The minimum atomic E-state index is -0.326. The summed E-state index contributed by atoms with van der Waals surface area (Å²) >= 11 is 6.24. The molecule has 156 valence electrons. The van der Waals surface area contributed by atoms with Crippen molar-refractivity contribution in [3.63, 3.8) is 0 Å². The Bertz CT molecular complexity index is 1010. The van der Waals surface area contributed by atoms with Crippen LogP contribution in [0.25, 0.3) is 5.69 Å². The first-order valence-electron chi connectivity index (χ1n) is 9.95. The van der Waals surface area contributed by atoms with E-state index in [-0.39, 0.29) is 17.8 Å². The molecule has 0 saturated carbocycles. The molecule has 0 aliphatic carbocycles. The lowest BCUT2D eigenvalue weighted by Gasteiger charge is -2.33. The largest absolute Gasteiger partial charge is 0.374 e. The fourth-order valence-electron chi connectivity index (χ4n) is 3.51. The molecule has 2 aromatic carbocycles. The van der Waals surface area contributed by atoms with Gasteiger partial charge < -0.3 is 10.1 Å². The van der Waals surface area contributed by atoms with Crippen molar-refractivity contribution in [3.05, 3.63) is 76.8 Å². The number of aryl methyl sites for hydroxylation is 1. The number of hydrogen-bond acceptors (Lipinski definition) is 5. The quantitative estimate of drug-likeness (QED) is 0.657. The number of para-hydroxylation sites is 1. The number of rotatable bonds is 6. The summed E-state index contributed by atoms with van der Waals surface area (Å²) in [5, 5.41) is 7.78. The van der Waals surface area contributed by atoms with Gasteiger partial charge in [-0.3, -0.25) is 9.69 Å². The predicted molar refractivity (Wildman–Crippen MR) is 115 cm³/mol. The molecule has 1 unspecified atom stereocenters. The Morgan fingerprint density at radius 1 is 1.20 bits per heavy atom. The second-order valence-electron chi connectivity index (χ2n) is 7.27. The number of amides is 1. The maximum Gasteiger partial charge on any atom is 0.291 e. The van der Waals surface area contributed by atoms with Crippen LogP contribution in [0.1, 0.15) is 22.0 Å². The molecule has 1 aromatic heterocycles. The number of morpholine rings is 1. The lowest BCUT2D eigenvalue weighted by atomic mass is 10.2. The SMILES string of the molecule is Cc1nc(C(=O)NCC2CN(Cc3ccccc3)CCO2)nn1-c1ccccc1Cl. The molecule has 3 aromatic rings. The van der Waals surface area contributed by atoms with E-state index >= 15 is 0 Å². The van der Waals surface area contributed by atoms with Crippen LogP contribution < -0.4 is 5.32 Å². The molecule has 1 fully saturated rings. The third-order valence-electron chi connectivity index (χ3n) is 5.01. The Labute approximate surface area is 180 Å². The van der Waals surface area contributed by atoms with Crippen LogP contribution in [0.15, 0.2) is 54.6 Å². The predicted octanol–water partition coefficient (Wildman–Crippen LogP) is 2.86. The molecule has 1 atom stereocenters. The number of ether oxygens (including phenoxy) is 1. The highest BCUT2D eigenvalue weighted by Gasteiger charge is 2.23. The number of nitrogens with one attached hydrogen (secondary N) is 1. The van der Waals surface area contributed by atoms with Gasteiger partial charge in [-0.05, 0) is 24.6 Å². The third kappa shape index (κ3) is 4.87. The number of benzene rings is 2. The number of carbonyl (C=O) groups is 1. The number of halogens is 1. The van der Waals surface area contributed by atoms with Gasteiger partial charge in [0.15, 0.2) is 0 Å². The van der Waals surface area contributed by atoms with Gasteiger partial charge in [0.2, 0.25) is 5.82 Å². The summed E-state index contributed by atoms with van der Waals surface area (Å²) in [5.74, 6) is 0.383. The van der Waals surface area contributed by atoms with Crippen LogP contribution in [0.5, 0.6) is 0 Å². The Kier molecular flexibility index (Phi) is 6.42. The maximum atomic E-state index is 12.6. The molecule has 1 aliphatic rings. The van der Waals surface area contributed by atoms with Crippen molar-refractivity contribution in [3.8, 4) is 5.69 Å². The van der Waals surface area contributed by atoms with Gasteiger partial charge in [-0.1, -0.05) is 54.1 Å². The lowest BCUT2D eigenvalue weighted by molar-refractivity contribution is -0.0293. The van der Waals surface area contributed by atoms with E-state index in [0.717, 1.165) is 19.6 Å². The molecular weight excluding hydrogens is 402 g/mol. The zero-order chi connectivity index (χ0) is 20.9. The highest BCUT2D eigenvalue weighted by atomic mass is 35.5. The molecule has 1 aliphatic heterocycles. The van der Waals surface area contributed by atoms with E-state index in [1.165, 1.54) is 5.56 Å². The average Bonchev–Trinajstić information content (AvgIpc) is 3.15. The highest BCUT2D eigenvalue weighted by molar-refractivity contribution is 6.32. The van der Waals surface area contributed by atoms with Gasteiger partial charge in [0.1, 0.15) is 5.82 Å². The maximum absolute atomic E-state index is 12.6. The molecule has 0 radical (unpaired) electrons. The topological polar surface area (TPSA) is 72.3 Å². The van der Waals surface area contributed by atoms with Crippen molar-refractivity contribution in [1.29, 1.82) is 0 Å². The molecule has 1 amide bonds. The Hall–Kier alpha value is -2.74. The van der Waals surface area contributed by atoms with Crippen molar-refractivity contribution < 1.29 is 9.53 Å². The van der Waals surface area contributed by atoms with Crippen LogP contribution in [0.4, 0.5) is 0 Å². The average molecular weight is 426 g/mol. The lowest BCUT2D eigenvalue weighted by Crippen LogP contribution is -2.47. The van der Waals surface area contributed by atoms with Gasteiger partial charge in [0.25, 0.3) is 5.91 Å². The van der Waals surface area contributed by atoms with Crippen LogP contribution in [0.2, 0.25) is 5.02 Å². The van der Waals surface area contributed by atoms with E-state index in [2.05, 4.69) is 32.4 Å². The molecule has 1 N–H and O–H groups in total. The molecule has 30 heavy (non-hydrogen) atoms. The fraction of sp³-hybridized carbons (Fsp3) is 0.318. The van der Waals surface area contributed by atoms with Gasteiger partial charge in [-0.2, -0.15) is 0 Å². The van der Waals surface area contributed by atoms with Crippen molar-refractivity contribution in [1.82, 2.24) is 25.0 Å². The summed E-state index contributed by atoms with van der Waals surface area (Å²) in [6.45, 7) is 5.35. The van der Waals surface area contributed by atoms with Crippen molar-refractivity contribution in [2.75, 3.05) is 26.2 Å². The van der Waals surface area contributed by atoms with Gasteiger partial charge in [-0.25, -0.2) is 9.67 Å². The van der Waals surface area contributed by atoms with Crippen LogP contribution in [-0.4, -0.2) is 57.9 Å². The monoisotopic (exact) mass is 425 g/mol. The number of carbonyl (C=O) groups excluding carboxylic acids is 1. The fourth-order valence-corrected chi connectivity index (χ4v) is 3.73. The molecule has 2 heterocycles. The van der Waals surface area contributed by atoms with E-state index in [1.54, 1.807) is 17.7 Å². The zero-order valence-electron chi connectivity index (χ0n) is 16.8. The first-order valence-corrected chi connectivity index (χ1v) is 10.3. The van der Waals surface area contributed by atoms with E-state index < -0.39 is 0 Å². The Morgan fingerprint density at radius 2 is 1.97 bits per heavy atom. The minimum Gasteiger partial charge on any atom is -0.374 e. The van der Waals surface area contributed by atoms with Gasteiger partial charge in [0.05, 0.1) is 23.4 Å². The van der Waals surface area contributed by atoms with Crippen LogP contribution in [0.3, 0.4) is 0 Å². The van der Waals surface area contributed by atoms with Crippen molar-refractivity contribution in [2.45, 2.75) is 19.6 Å². The summed E-state index contributed by atoms with van der Waals surface area (Å²) in [4.78, 5) is 19.2. The van der Waals surface area contributed by atoms with E-state index in [9.17, 15) is 4.79 Å². The summed E-state index contributed by atoms with van der Waals surface area (Å²) in [7, 11) is 0. The van der Waals surface area contributed by atoms with Crippen LogP contribution in [0, 0.1) is 6.92 Å². The highest BCUT2D eigenvalue weighted by Crippen LogP contribution is 2.20. The zero-order valence-corrected chi connectivity index (χ0v) is 17.5. The summed E-state index contributed by atoms with van der Waals surface area (Å²) in [5.41, 5.74) is 1.96. The number of aromatic nitrogens is 3. The van der Waals surface area contributed by atoms with E-state index in [0.29, 0.717) is 29.7 Å². The normalized spacial score (nSPS) is 17.1. The van der Waals surface area contributed by atoms with Gasteiger partial charge in [0, 0.05) is 26.2 Å². The summed E-state index contributed by atoms with van der Waals surface area (Å²) in [6, 6.07) is 17.7. The molecule has 8 heteroatoms. The molecule has 0 bridgehead atoms. The second kappa shape index (κ2) is 9.38. The second-order valence-corrected chi connectivity index (χ2v) is 7.68. The summed E-state index contributed by atoms with van der Waals surface area (Å²) in [6.07, 6.45) is -0.0711. The third-order valence-corrected chi connectivity index (χ3v) is 5.33. The van der Waals surface area contributed by atoms with E-state index in [1.807, 2.05) is 36.4 Å². The molecule has 0 spiro atoms. The smallest absolute Gasteiger partial charge is 0.291 e. The van der Waals surface area contributed by atoms with Gasteiger partial charge >= 0.3 is 0 Å². The summed E-state index contributed by atoms with van der Waals surface area (Å²) < 4.78 is 7.41. The number of nitrogens with zero attached hydrogens (tertiary/aromatic N) is 4. The molecular formula is C22H24ClN5O2. The minimum absolute atomic E-state index is 0.0711. The van der Waals surface area contributed by atoms with Crippen molar-refractivity contribution in [2.24, 2.45) is 0 Å². The van der Waals surface area contributed by atoms with Crippen LogP contribution in [-0.2, 0) is 11.3 Å². The molecule has 7 nitrogen and oxygen atoms in total. The Balaban J connectivity index is 1.34. The first-order chi connectivity index (χ1) is 14.6. The van der Waals surface area contributed by atoms with Crippen molar-refractivity contribution >= 4 is 17.5 Å².